The number of carbonyl (C=O) groups is 1. The number of aryl methyl sites for hydroxylation is 1. The van der Waals surface area contributed by atoms with Gasteiger partial charge in [0.25, 0.3) is 0 Å². The maximum Gasteiger partial charge on any atom is 0.241 e. The maximum atomic E-state index is 13.6. The van der Waals surface area contributed by atoms with Crippen molar-refractivity contribution in [3.8, 4) is 0 Å². The Hall–Kier alpha value is -2.12. The van der Waals surface area contributed by atoms with Gasteiger partial charge in [-0.05, 0) is 30.7 Å². The zero-order valence-electron chi connectivity index (χ0n) is 13.8. The molecule has 0 unspecified atom stereocenters. The standard InChI is InChI=1S/C17H18ClFN2O3S/c1-12-7-8-14(9-15(12)18)21(25(2,23)24)11-17(22)20-10-13-5-3-4-6-16(13)19/h3-9H,10-11H2,1-2H3,(H,20,22). The first-order valence-corrected chi connectivity index (χ1v) is 9.65. The lowest BCUT2D eigenvalue weighted by atomic mass is 10.2. The monoisotopic (exact) mass is 384 g/mol. The fourth-order valence-corrected chi connectivity index (χ4v) is 3.18. The molecule has 0 fully saturated rings. The van der Waals surface area contributed by atoms with Crippen molar-refractivity contribution in [2.24, 2.45) is 0 Å². The molecule has 0 spiro atoms. The summed E-state index contributed by atoms with van der Waals surface area (Å²) in [5, 5.41) is 2.92. The summed E-state index contributed by atoms with van der Waals surface area (Å²) in [4.78, 5) is 12.1. The van der Waals surface area contributed by atoms with E-state index in [4.69, 9.17) is 11.6 Å². The minimum absolute atomic E-state index is 0.0300. The molecule has 2 rings (SSSR count). The molecule has 0 aromatic heterocycles. The molecule has 0 aliphatic heterocycles. The lowest BCUT2D eigenvalue weighted by Gasteiger charge is -2.22. The molecule has 0 aliphatic carbocycles. The highest BCUT2D eigenvalue weighted by Gasteiger charge is 2.21. The molecular formula is C17H18ClFN2O3S. The number of hydrogen-bond acceptors (Lipinski definition) is 3. The van der Waals surface area contributed by atoms with Crippen molar-refractivity contribution in [2.45, 2.75) is 13.5 Å². The molecule has 5 nitrogen and oxygen atoms in total. The van der Waals surface area contributed by atoms with Gasteiger partial charge in [0, 0.05) is 17.1 Å². The smallest absolute Gasteiger partial charge is 0.241 e. The zero-order chi connectivity index (χ0) is 18.6. The summed E-state index contributed by atoms with van der Waals surface area (Å²) >= 11 is 6.04. The van der Waals surface area contributed by atoms with E-state index in [1.165, 1.54) is 12.1 Å². The number of hydrogen-bond donors (Lipinski definition) is 1. The molecule has 8 heteroatoms. The van der Waals surface area contributed by atoms with Gasteiger partial charge in [-0.1, -0.05) is 35.9 Å². The fourth-order valence-electron chi connectivity index (χ4n) is 2.16. The minimum Gasteiger partial charge on any atom is -0.350 e. The third-order valence-corrected chi connectivity index (χ3v) is 5.11. The topological polar surface area (TPSA) is 66.5 Å². The molecule has 0 bridgehead atoms. The number of nitrogens with zero attached hydrogens (tertiary/aromatic N) is 1. The lowest BCUT2D eigenvalue weighted by molar-refractivity contribution is -0.119. The summed E-state index contributed by atoms with van der Waals surface area (Å²) in [6.07, 6.45) is 1.00. The highest BCUT2D eigenvalue weighted by Crippen LogP contribution is 2.24. The van der Waals surface area contributed by atoms with E-state index in [0.29, 0.717) is 16.3 Å². The predicted molar refractivity (Wildman–Crippen MR) is 96.6 cm³/mol. The van der Waals surface area contributed by atoms with Gasteiger partial charge in [-0.15, -0.1) is 0 Å². The van der Waals surface area contributed by atoms with Crippen LogP contribution in [-0.2, 0) is 21.4 Å². The number of halogens is 2. The lowest BCUT2D eigenvalue weighted by Crippen LogP contribution is -2.40. The summed E-state index contributed by atoms with van der Waals surface area (Å²) in [5.74, 6) is -0.988. The largest absolute Gasteiger partial charge is 0.350 e. The summed E-state index contributed by atoms with van der Waals surface area (Å²) in [7, 11) is -3.69. The number of amides is 1. The molecule has 134 valence electrons. The van der Waals surface area contributed by atoms with Gasteiger partial charge in [-0.3, -0.25) is 9.10 Å². The number of anilines is 1. The van der Waals surface area contributed by atoms with Crippen LogP contribution in [0.15, 0.2) is 42.5 Å². The molecule has 0 heterocycles. The van der Waals surface area contributed by atoms with Gasteiger partial charge in [0.15, 0.2) is 0 Å². The molecule has 2 aromatic rings. The third-order valence-electron chi connectivity index (χ3n) is 3.56. The average Bonchev–Trinajstić information content (AvgIpc) is 2.53. The molecule has 1 amide bonds. The van der Waals surface area contributed by atoms with Crippen molar-refractivity contribution >= 4 is 33.2 Å². The van der Waals surface area contributed by atoms with Gasteiger partial charge in [-0.25, -0.2) is 12.8 Å². The van der Waals surface area contributed by atoms with Gasteiger partial charge in [0.1, 0.15) is 12.4 Å². The average molecular weight is 385 g/mol. The zero-order valence-corrected chi connectivity index (χ0v) is 15.4. The first-order valence-electron chi connectivity index (χ1n) is 7.42. The predicted octanol–water partition coefficient (Wildman–Crippen LogP) is 2.87. The number of nitrogens with one attached hydrogen (secondary N) is 1. The number of rotatable bonds is 6. The van der Waals surface area contributed by atoms with Crippen LogP contribution in [0.1, 0.15) is 11.1 Å². The summed E-state index contributed by atoms with van der Waals surface area (Å²) in [6.45, 7) is 1.34. The van der Waals surface area contributed by atoms with Crippen LogP contribution < -0.4 is 9.62 Å². The van der Waals surface area contributed by atoms with Gasteiger partial charge in [-0.2, -0.15) is 0 Å². The van der Waals surface area contributed by atoms with Crippen molar-refractivity contribution in [3.63, 3.8) is 0 Å². The number of benzene rings is 2. The second-order valence-corrected chi connectivity index (χ2v) is 7.89. The van der Waals surface area contributed by atoms with E-state index < -0.39 is 28.3 Å². The van der Waals surface area contributed by atoms with Crippen molar-refractivity contribution in [1.29, 1.82) is 0 Å². The van der Waals surface area contributed by atoms with Gasteiger partial charge < -0.3 is 5.32 Å². The Bertz CT molecular complexity index is 887. The molecule has 0 saturated carbocycles. The van der Waals surface area contributed by atoms with Crippen LogP contribution in [0.4, 0.5) is 10.1 Å². The van der Waals surface area contributed by atoms with Crippen molar-refractivity contribution < 1.29 is 17.6 Å². The van der Waals surface area contributed by atoms with Crippen LogP contribution in [0.3, 0.4) is 0 Å². The van der Waals surface area contributed by atoms with Crippen molar-refractivity contribution in [3.05, 3.63) is 64.4 Å². The van der Waals surface area contributed by atoms with Gasteiger partial charge in [0.05, 0.1) is 11.9 Å². The Labute approximate surface area is 151 Å². The van der Waals surface area contributed by atoms with E-state index in [0.717, 1.165) is 16.1 Å². The van der Waals surface area contributed by atoms with E-state index in [1.54, 1.807) is 37.3 Å². The third kappa shape index (κ3) is 5.17. The Morgan fingerprint density at radius 1 is 1.24 bits per heavy atom. The van der Waals surface area contributed by atoms with Gasteiger partial charge >= 0.3 is 0 Å². The number of carbonyl (C=O) groups excluding carboxylic acids is 1. The Morgan fingerprint density at radius 2 is 1.92 bits per heavy atom. The summed E-state index contributed by atoms with van der Waals surface area (Å²) < 4.78 is 38.6. The fraction of sp³-hybridized carbons (Fsp3) is 0.235. The van der Waals surface area contributed by atoms with Crippen LogP contribution in [0, 0.1) is 12.7 Å². The van der Waals surface area contributed by atoms with E-state index in [9.17, 15) is 17.6 Å². The first kappa shape index (κ1) is 19.2. The van der Waals surface area contributed by atoms with E-state index >= 15 is 0 Å². The summed E-state index contributed by atoms with van der Waals surface area (Å²) in [5.41, 5.74) is 1.40. The highest BCUT2D eigenvalue weighted by molar-refractivity contribution is 7.92. The molecular weight excluding hydrogens is 367 g/mol. The molecule has 0 aliphatic rings. The molecule has 2 aromatic carbocycles. The van der Waals surface area contributed by atoms with Crippen LogP contribution in [-0.4, -0.2) is 27.1 Å². The van der Waals surface area contributed by atoms with Crippen LogP contribution in [0.25, 0.3) is 0 Å². The Balaban J connectivity index is 2.13. The minimum atomic E-state index is -3.69. The van der Waals surface area contributed by atoms with Crippen molar-refractivity contribution in [1.82, 2.24) is 5.32 Å². The number of sulfonamides is 1. The second kappa shape index (κ2) is 7.84. The van der Waals surface area contributed by atoms with Crippen LogP contribution in [0.5, 0.6) is 0 Å². The molecule has 1 N–H and O–H groups in total. The van der Waals surface area contributed by atoms with Gasteiger partial charge in [0.2, 0.25) is 15.9 Å². The molecule has 0 saturated heterocycles. The van der Waals surface area contributed by atoms with Crippen LogP contribution in [0.2, 0.25) is 5.02 Å². The van der Waals surface area contributed by atoms with Crippen LogP contribution >= 0.6 is 11.6 Å². The second-order valence-electron chi connectivity index (χ2n) is 5.57. The summed E-state index contributed by atoms with van der Waals surface area (Å²) in [6, 6.07) is 10.8. The van der Waals surface area contributed by atoms with E-state index in [2.05, 4.69) is 5.32 Å². The Morgan fingerprint density at radius 3 is 2.52 bits per heavy atom. The van der Waals surface area contributed by atoms with Crippen molar-refractivity contribution in [2.75, 3.05) is 17.1 Å². The molecule has 25 heavy (non-hydrogen) atoms. The highest BCUT2D eigenvalue weighted by atomic mass is 35.5. The molecule has 0 radical (unpaired) electrons. The van der Waals surface area contributed by atoms with E-state index in [-0.39, 0.29) is 6.54 Å². The maximum absolute atomic E-state index is 13.6. The van der Waals surface area contributed by atoms with E-state index in [1.807, 2.05) is 0 Å². The normalized spacial score (nSPS) is 11.2. The first-order chi connectivity index (χ1) is 11.7. The molecule has 0 atom stereocenters. The Kier molecular flexibility index (Phi) is 6.02. The SMILES string of the molecule is Cc1ccc(N(CC(=O)NCc2ccccc2F)S(C)(=O)=O)cc1Cl. The quantitative estimate of drug-likeness (QED) is 0.832.